The van der Waals surface area contributed by atoms with E-state index in [4.69, 9.17) is 0 Å². The van der Waals surface area contributed by atoms with Crippen LogP contribution in [0, 0.1) is 6.92 Å². The third-order valence-electron chi connectivity index (χ3n) is 2.16. The number of carbonyl (C=O) groups is 1. The second-order valence-electron chi connectivity index (χ2n) is 3.23. The zero-order valence-corrected chi connectivity index (χ0v) is 7.45. The fraction of sp³-hybridized carbons (Fsp3) is 0.0833. The van der Waals surface area contributed by atoms with Crippen molar-refractivity contribution in [2.75, 3.05) is 0 Å². The first-order valence-corrected chi connectivity index (χ1v) is 4.25. The first-order chi connectivity index (χ1) is 6.29. The molecule has 14 heavy (non-hydrogen) atoms. The van der Waals surface area contributed by atoms with E-state index in [2.05, 4.69) is 19.1 Å². The summed E-state index contributed by atoms with van der Waals surface area (Å²) < 4.78 is 0. The molecule has 2 aromatic carbocycles. The zero-order valence-electron chi connectivity index (χ0n) is 7.45. The van der Waals surface area contributed by atoms with Crippen LogP contribution in [-0.2, 0) is 0 Å². The van der Waals surface area contributed by atoms with Crippen LogP contribution in [0.3, 0.4) is 0 Å². The molecule has 0 aliphatic heterocycles. The molecule has 0 bridgehead atoms. The predicted molar refractivity (Wildman–Crippen MR) is 61.2 cm³/mol. The Morgan fingerprint density at radius 1 is 1.00 bits per heavy atom. The molecule has 2 heteroatoms. The van der Waals surface area contributed by atoms with E-state index in [9.17, 15) is 4.79 Å². The summed E-state index contributed by atoms with van der Waals surface area (Å²) in [5.74, 6) is 0. The molecule has 0 fully saturated rings. The Hall–Kier alpha value is 0.00636. The Labute approximate surface area is 126 Å². The molecule has 0 aliphatic carbocycles. The van der Waals surface area contributed by atoms with Crippen LogP contribution in [-0.4, -0.2) is 57.7 Å². The summed E-state index contributed by atoms with van der Waals surface area (Å²) in [6.07, 6.45) is 0.874. The summed E-state index contributed by atoms with van der Waals surface area (Å²) in [5.41, 5.74) is 1.97. The molecule has 2 rings (SSSR count). The molecule has 2 aromatic rings. The van der Waals surface area contributed by atoms with Crippen LogP contribution in [0.5, 0.6) is 0 Å². The summed E-state index contributed by atoms with van der Waals surface area (Å²) in [6.45, 7) is 2.06. The fourth-order valence-corrected chi connectivity index (χ4v) is 1.46. The van der Waals surface area contributed by atoms with Gasteiger partial charge in [-0.2, -0.15) is 0 Å². The number of benzene rings is 2. The van der Waals surface area contributed by atoms with Gasteiger partial charge in [-0.05, 0) is 23.8 Å². The van der Waals surface area contributed by atoms with Crippen molar-refractivity contribution in [3.05, 3.63) is 47.5 Å². The number of fused-ring (bicyclic) bond motifs is 1. The van der Waals surface area contributed by atoms with Gasteiger partial charge in [-0.3, -0.25) is 4.79 Å². The van der Waals surface area contributed by atoms with Gasteiger partial charge in [0.1, 0.15) is 6.29 Å². The van der Waals surface area contributed by atoms with Crippen molar-refractivity contribution in [1.29, 1.82) is 0 Å². The van der Waals surface area contributed by atoms with Gasteiger partial charge in [0, 0.05) is 5.56 Å². The van der Waals surface area contributed by atoms with Gasteiger partial charge in [0.25, 0.3) is 0 Å². The molecule has 0 saturated heterocycles. The SMILES string of the molecule is Cc1ccc2cc(C=O)ccc2c1.[KH]. The summed E-state index contributed by atoms with van der Waals surface area (Å²) >= 11 is 0. The normalized spacial score (nSPS) is 9.50. The predicted octanol–water partition coefficient (Wildman–Crippen LogP) is 2.31. The third-order valence-corrected chi connectivity index (χ3v) is 2.16. The van der Waals surface area contributed by atoms with Gasteiger partial charge in [-0.1, -0.05) is 35.9 Å². The van der Waals surface area contributed by atoms with Gasteiger partial charge in [0.05, 0.1) is 0 Å². The molecule has 0 spiro atoms. The minimum absolute atomic E-state index is 0. The van der Waals surface area contributed by atoms with E-state index in [0.717, 1.165) is 17.2 Å². The number of hydrogen-bond acceptors (Lipinski definition) is 1. The van der Waals surface area contributed by atoms with Crippen LogP contribution < -0.4 is 0 Å². The van der Waals surface area contributed by atoms with Gasteiger partial charge < -0.3 is 0 Å². The summed E-state index contributed by atoms with van der Waals surface area (Å²) in [7, 11) is 0. The van der Waals surface area contributed by atoms with Crippen molar-refractivity contribution in [2.24, 2.45) is 0 Å². The van der Waals surface area contributed by atoms with Crippen molar-refractivity contribution in [3.63, 3.8) is 0 Å². The Kier molecular flexibility index (Phi) is 4.48. The molecule has 0 aromatic heterocycles. The Balaban J connectivity index is 0.000000980. The zero-order chi connectivity index (χ0) is 9.26. The van der Waals surface area contributed by atoms with E-state index in [1.165, 1.54) is 10.9 Å². The van der Waals surface area contributed by atoms with Crippen molar-refractivity contribution in [1.82, 2.24) is 0 Å². The molecule has 0 heterocycles. The Morgan fingerprint density at radius 2 is 1.64 bits per heavy atom. The first kappa shape index (κ1) is 12.1. The molecule has 0 N–H and O–H groups in total. The van der Waals surface area contributed by atoms with E-state index in [1.54, 1.807) is 0 Å². The first-order valence-electron chi connectivity index (χ1n) is 4.25. The molecular formula is C12H11KO. The standard InChI is InChI=1S/C12H10O.K.H/c1-9-2-4-12-7-10(8-13)3-5-11(12)6-9;;/h2-8H,1H3;;. The summed E-state index contributed by atoms with van der Waals surface area (Å²) in [6, 6.07) is 11.9. The second kappa shape index (κ2) is 5.19. The van der Waals surface area contributed by atoms with Crippen LogP contribution in [0.4, 0.5) is 0 Å². The maximum absolute atomic E-state index is 10.5. The van der Waals surface area contributed by atoms with Gasteiger partial charge in [-0.15, -0.1) is 0 Å². The third kappa shape index (κ3) is 2.52. The molecule has 1 nitrogen and oxygen atoms in total. The van der Waals surface area contributed by atoms with Crippen LogP contribution in [0.2, 0.25) is 0 Å². The van der Waals surface area contributed by atoms with E-state index >= 15 is 0 Å². The number of hydrogen-bond donors (Lipinski definition) is 0. The summed E-state index contributed by atoms with van der Waals surface area (Å²) in [4.78, 5) is 10.5. The minimum atomic E-state index is 0. The van der Waals surface area contributed by atoms with Crippen LogP contribution in [0.25, 0.3) is 10.8 Å². The van der Waals surface area contributed by atoms with Crippen molar-refractivity contribution in [3.8, 4) is 0 Å². The number of aldehydes is 1. The molecule has 0 saturated carbocycles. The van der Waals surface area contributed by atoms with Crippen LogP contribution >= 0.6 is 0 Å². The quantitative estimate of drug-likeness (QED) is 0.521. The topological polar surface area (TPSA) is 17.1 Å². The number of aryl methyl sites for hydroxylation is 1. The Bertz CT molecular complexity index is 463. The molecule has 0 aliphatic rings. The second-order valence-corrected chi connectivity index (χ2v) is 3.23. The molecule has 0 amide bonds. The van der Waals surface area contributed by atoms with Gasteiger partial charge in [0.2, 0.25) is 0 Å². The van der Waals surface area contributed by atoms with Crippen molar-refractivity contribution in [2.45, 2.75) is 6.92 Å². The average Bonchev–Trinajstić information content (AvgIpc) is 2.17. The number of rotatable bonds is 1. The fourth-order valence-electron chi connectivity index (χ4n) is 1.46. The molecular weight excluding hydrogens is 199 g/mol. The molecule has 0 atom stereocenters. The molecule has 66 valence electrons. The van der Waals surface area contributed by atoms with Crippen molar-refractivity contribution < 1.29 is 4.79 Å². The van der Waals surface area contributed by atoms with Gasteiger partial charge >= 0.3 is 51.4 Å². The molecule has 0 unspecified atom stereocenters. The monoisotopic (exact) mass is 210 g/mol. The maximum atomic E-state index is 10.5. The molecule has 0 radical (unpaired) electrons. The van der Waals surface area contributed by atoms with Crippen LogP contribution in [0.15, 0.2) is 36.4 Å². The van der Waals surface area contributed by atoms with Gasteiger partial charge in [0.15, 0.2) is 0 Å². The van der Waals surface area contributed by atoms with E-state index in [-0.39, 0.29) is 51.4 Å². The van der Waals surface area contributed by atoms with Gasteiger partial charge in [-0.25, -0.2) is 0 Å². The average molecular weight is 210 g/mol. The van der Waals surface area contributed by atoms with Crippen molar-refractivity contribution >= 4 is 68.4 Å². The van der Waals surface area contributed by atoms with E-state index in [1.807, 2.05) is 24.3 Å². The number of carbonyl (C=O) groups excluding carboxylic acids is 1. The van der Waals surface area contributed by atoms with E-state index < -0.39 is 0 Å². The summed E-state index contributed by atoms with van der Waals surface area (Å²) in [5, 5.41) is 2.31. The van der Waals surface area contributed by atoms with Crippen LogP contribution in [0.1, 0.15) is 15.9 Å². The Morgan fingerprint density at radius 3 is 2.36 bits per heavy atom. The van der Waals surface area contributed by atoms with E-state index in [0.29, 0.717) is 0 Å².